The molecule has 0 aromatic heterocycles. The van der Waals surface area contributed by atoms with Gasteiger partial charge in [-0.1, -0.05) is 58.1 Å². The third-order valence-corrected chi connectivity index (χ3v) is 3.78. The summed E-state index contributed by atoms with van der Waals surface area (Å²) in [7, 11) is 0. The Morgan fingerprint density at radius 3 is 2.29 bits per heavy atom. The third kappa shape index (κ3) is 15.6. The van der Waals surface area contributed by atoms with Crippen LogP contribution in [0.4, 0.5) is 0 Å². The highest BCUT2D eigenvalue weighted by molar-refractivity contribution is 5.77. The average molecular weight is 341 g/mol. The molecule has 0 bridgehead atoms. The minimum Gasteiger partial charge on any atom is -0.465 e. The molecule has 140 valence electrons. The number of carbonyl (C=O) groups excluding carboxylic acids is 2. The molecular weight excluding hydrogens is 304 g/mol. The average Bonchev–Trinajstić information content (AvgIpc) is 2.56. The normalized spacial score (nSPS) is 12.3. The number of ether oxygens (including phenoxy) is 2. The summed E-state index contributed by atoms with van der Waals surface area (Å²) in [5, 5.41) is 0. The van der Waals surface area contributed by atoms with Gasteiger partial charge in [0.25, 0.3) is 0 Å². The summed E-state index contributed by atoms with van der Waals surface area (Å²) in [5.74, 6) is -0.642. The van der Waals surface area contributed by atoms with Crippen molar-refractivity contribution in [3.8, 4) is 0 Å². The van der Waals surface area contributed by atoms with Crippen molar-refractivity contribution in [2.24, 2.45) is 0 Å². The molecular formula is C20H36O4. The maximum atomic E-state index is 11.7. The molecule has 4 heteroatoms. The molecule has 0 rings (SSSR count). The van der Waals surface area contributed by atoms with Crippen LogP contribution < -0.4 is 0 Å². The predicted octanol–water partition coefficient (Wildman–Crippen LogP) is 5.35. The molecule has 0 fully saturated rings. The molecule has 0 saturated carbocycles. The molecule has 1 unspecified atom stereocenters. The molecule has 0 radical (unpaired) electrons. The van der Waals surface area contributed by atoms with Crippen molar-refractivity contribution >= 4 is 11.9 Å². The first-order chi connectivity index (χ1) is 11.6. The zero-order valence-corrected chi connectivity index (χ0v) is 15.9. The van der Waals surface area contributed by atoms with Crippen molar-refractivity contribution in [1.82, 2.24) is 0 Å². The summed E-state index contributed by atoms with van der Waals surface area (Å²) < 4.78 is 10.4. The van der Waals surface area contributed by atoms with Gasteiger partial charge in [0.15, 0.2) is 0 Å². The van der Waals surface area contributed by atoms with E-state index in [1.54, 1.807) is 0 Å². The first kappa shape index (κ1) is 22.7. The van der Waals surface area contributed by atoms with Crippen molar-refractivity contribution in [3.05, 3.63) is 12.2 Å². The first-order valence-corrected chi connectivity index (χ1v) is 9.60. The first-order valence-electron chi connectivity index (χ1n) is 9.60. The van der Waals surface area contributed by atoms with Crippen LogP contribution in [0, 0.1) is 0 Å². The summed E-state index contributed by atoms with van der Waals surface area (Å²) >= 11 is 0. The quantitative estimate of drug-likeness (QED) is 0.229. The fourth-order valence-corrected chi connectivity index (χ4v) is 2.36. The summed E-state index contributed by atoms with van der Waals surface area (Å²) in [4.78, 5) is 23.2. The van der Waals surface area contributed by atoms with Crippen molar-refractivity contribution < 1.29 is 19.1 Å². The van der Waals surface area contributed by atoms with Crippen LogP contribution in [0.25, 0.3) is 0 Å². The monoisotopic (exact) mass is 340 g/mol. The molecule has 0 spiro atoms. The van der Waals surface area contributed by atoms with Crippen molar-refractivity contribution in [3.63, 3.8) is 0 Å². The largest absolute Gasteiger partial charge is 0.465 e. The molecule has 0 N–H and O–H groups in total. The molecule has 0 saturated heterocycles. The summed E-state index contributed by atoms with van der Waals surface area (Å²) in [6.07, 6.45) is 14.1. The fourth-order valence-electron chi connectivity index (χ4n) is 2.36. The lowest BCUT2D eigenvalue weighted by Gasteiger charge is -2.13. The standard InChI is InChI=1S/C20H36O4/c1-4-6-8-10-11-12-14-18(3)24-20(22)16-15-19(21)23-17-13-9-7-5-2/h7,9,18H,4-6,8,10-17H2,1-3H3/b9-7+. The SMILES string of the molecule is CC/C=C/CCOC(=O)CCC(=O)OC(C)CCCCCCCC. The van der Waals surface area contributed by atoms with Crippen LogP contribution in [0.1, 0.15) is 91.4 Å². The molecule has 0 aliphatic rings. The van der Waals surface area contributed by atoms with Crippen LogP contribution in [-0.2, 0) is 19.1 Å². The van der Waals surface area contributed by atoms with Gasteiger partial charge in [0.2, 0.25) is 0 Å². The van der Waals surface area contributed by atoms with E-state index < -0.39 is 0 Å². The number of hydrogen-bond acceptors (Lipinski definition) is 4. The van der Waals surface area contributed by atoms with Gasteiger partial charge in [-0.3, -0.25) is 9.59 Å². The number of allylic oxidation sites excluding steroid dienone is 1. The van der Waals surface area contributed by atoms with E-state index in [0.717, 1.165) is 25.7 Å². The van der Waals surface area contributed by atoms with Gasteiger partial charge in [-0.05, 0) is 32.6 Å². The number of rotatable bonds is 15. The van der Waals surface area contributed by atoms with Crippen LogP contribution in [0.15, 0.2) is 12.2 Å². The Hall–Kier alpha value is -1.32. The summed E-state index contributed by atoms with van der Waals surface area (Å²) in [6, 6.07) is 0. The highest BCUT2D eigenvalue weighted by Gasteiger charge is 2.12. The number of unbranched alkanes of at least 4 members (excludes halogenated alkanes) is 5. The Labute approximate surface area is 148 Å². The number of esters is 2. The minimum absolute atomic E-state index is 0.0705. The maximum absolute atomic E-state index is 11.7. The molecule has 0 aliphatic carbocycles. The maximum Gasteiger partial charge on any atom is 0.306 e. The van der Waals surface area contributed by atoms with Gasteiger partial charge in [-0.2, -0.15) is 0 Å². The van der Waals surface area contributed by atoms with Crippen molar-refractivity contribution in [2.75, 3.05) is 6.61 Å². The highest BCUT2D eigenvalue weighted by Crippen LogP contribution is 2.11. The Morgan fingerprint density at radius 1 is 0.917 bits per heavy atom. The molecule has 24 heavy (non-hydrogen) atoms. The topological polar surface area (TPSA) is 52.6 Å². The Kier molecular flexibility index (Phi) is 15.6. The van der Waals surface area contributed by atoms with Gasteiger partial charge in [0, 0.05) is 0 Å². The van der Waals surface area contributed by atoms with E-state index in [1.807, 2.05) is 19.1 Å². The van der Waals surface area contributed by atoms with E-state index in [4.69, 9.17) is 9.47 Å². The molecule has 0 heterocycles. The van der Waals surface area contributed by atoms with E-state index >= 15 is 0 Å². The Morgan fingerprint density at radius 2 is 1.58 bits per heavy atom. The molecule has 1 atom stereocenters. The molecule has 0 aromatic rings. The van der Waals surface area contributed by atoms with Crippen LogP contribution in [0.3, 0.4) is 0 Å². The van der Waals surface area contributed by atoms with Crippen molar-refractivity contribution in [1.29, 1.82) is 0 Å². The Balaban J connectivity index is 3.58. The second kappa shape index (κ2) is 16.5. The van der Waals surface area contributed by atoms with Gasteiger partial charge in [0.1, 0.15) is 0 Å². The second-order valence-electron chi connectivity index (χ2n) is 6.25. The van der Waals surface area contributed by atoms with Gasteiger partial charge in [-0.15, -0.1) is 0 Å². The minimum atomic E-state index is -0.333. The molecule has 4 nitrogen and oxygen atoms in total. The Bertz CT molecular complexity index is 350. The van der Waals surface area contributed by atoms with E-state index in [-0.39, 0.29) is 30.9 Å². The molecule has 0 aromatic carbocycles. The lowest BCUT2D eigenvalue weighted by Crippen LogP contribution is -2.16. The van der Waals surface area contributed by atoms with Crippen molar-refractivity contribution in [2.45, 2.75) is 97.5 Å². The van der Waals surface area contributed by atoms with Gasteiger partial charge in [0.05, 0.1) is 25.6 Å². The summed E-state index contributed by atoms with van der Waals surface area (Å²) in [6.45, 7) is 6.56. The van der Waals surface area contributed by atoms with Crippen LogP contribution in [0.2, 0.25) is 0 Å². The lowest BCUT2D eigenvalue weighted by molar-refractivity contribution is -0.153. The third-order valence-electron chi connectivity index (χ3n) is 3.78. The smallest absolute Gasteiger partial charge is 0.306 e. The molecule has 0 amide bonds. The lowest BCUT2D eigenvalue weighted by atomic mass is 10.1. The van der Waals surface area contributed by atoms with Crippen LogP contribution in [-0.4, -0.2) is 24.6 Å². The second-order valence-corrected chi connectivity index (χ2v) is 6.25. The van der Waals surface area contributed by atoms with Gasteiger partial charge in [-0.25, -0.2) is 0 Å². The van der Waals surface area contributed by atoms with E-state index in [0.29, 0.717) is 6.61 Å². The van der Waals surface area contributed by atoms with E-state index in [2.05, 4.69) is 13.8 Å². The zero-order valence-electron chi connectivity index (χ0n) is 15.9. The van der Waals surface area contributed by atoms with Crippen LogP contribution in [0.5, 0.6) is 0 Å². The van der Waals surface area contributed by atoms with E-state index in [1.165, 1.54) is 32.1 Å². The predicted molar refractivity (Wildman–Crippen MR) is 97.8 cm³/mol. The number of hydrogen-bond donors (Lipinski definition) is 0. The highest BCUT2D eigenvalue weighted by atomic mass is 16.5. The van der Waals surface area contributed by atoms with Gasteiger partial charge >= 0.3 is 11.9 Å². The number of carbonyl (C=O) groups is 2. The van der Waals surface area contributed by atoms with E-state index in [9.17, 15) is 9.59 Å². The van der Waals surface area contributed by atoms with Gasteiger partial charge < -0.3 is 9.47 Å². The fraction of sp³-hybridized carbons (Fsp3) is 0.800. The summed E-state index contributed by atoms with van der Waals surface area (Å²) in [5.41, 5.74) is 0. The molecule has 0 aliphatic heterocycles. The zero-order chi connectivity index (χ0) is 18.0. The van der Waals surface area contributed by atoms with Crippen LogP contribution >= 0.6 is 0 Å².